The zero-order valence-electron chi connectivity index (χ0n) is 10.5. The number of carboxylic acids is 1. The zero-order chi connectivity index (χ0) is 13.8. The number of nitrogens with one attached hydrogen (secondary N) is 1. The molecule has 0 fully saturated rings. The molecule has 0 atom stereocenters. The highest BCUT2D eigenvalue weighted by Crippen LogP contribution is 2.13. The predicted molar refractivity (Wildman–Crippen MR) is 64.3 cm³/mol. The molecular formula is C13H17F2NO2. The third-order valence-corrected chi connectivity index (χ3v) is 2.73. The number of aliphatic carboxylic acids is 1. The maximum atomic E-state index is 13.3. The summed E-state index contributed by atoms with van der Waals surface area (Å²) in [6.07, 6.45) is 0.391. The van der Waals surface area contributed by atoms with E-state index in [4.69, 9.17) is 5.11 Å². The van der Waals surface area contributed by atoms with Gasteiger partial charge in [-0.2, -0.15) is 0 Å². The van der Waals surface area contributed by atoms with Crippen molar-refractivity contribution in [1.82, 2.24) is 5.32 Å². The van der Waals surface area contributed by atoms with Gasteiger partial charge in [0.15, 0.2) is 0 Å². The highest BCUT2D eigenvalue weighted by molar-refractivity contribution is 5.73. The average molecular weight is 257 g/mol. The van der Waals surface area contributed by atoms with E-state index >= 15 is 0 Å². The van der Waals surface area contributed by atoms with Crippen LogP contribution in [-0.2, 0) is 11.2 Å². The number of rotatable bonds is 6. The van der Waals surface area contributed by atoms with Gasteiger partial charge in [-0.3, -0.25) is 4.79 Å². The molecule has 18 heavy (non-hydrogen) atoms. The van der Waals surface area contributed by atoms with Gasteiger partial charge in [0.2, 0.25) is 0 Å². The van der Waals surface area contributed by atoms with E-state index in [9.17, 15) is 13.6 Å². The van der Waals surface area contributed by atoms with Crippen molar-refractivity contribution >= 4 is 5.97 Å². The van der Waals surface area contributed by atoms with Crippen LogP contribution in [0.4, 0.5) is 8.78 Å². The number of hydrogen-bond donors (Lipinski definition) is 2. The van der Waals surface area contributed by atoms with Crippen LogP contribution in [0.2, 0.25) is 0 Å². The molecular weight excluding hydrogens is 240 g/mol. The van der Waals surface area contributed by atoms with E-state index in [2.05, 4.69) is 5.32 Å². The number of carbonyl (C=O) groups is 1. The first-order valence-electron chi connectivity index (χ1n) is 5.71. The molecule has 5 heteroatoms. The quantitative estimate of drug-likeness (QED) is 0.768. The SMILES string of the molecule is CC(C)(CNCCc1ccc(F)cc1F)C(=O)O. The van der Waals surface area contributed by atoms with E-state index < -0.39 is 23.0 Å². The lowest BCUT2D eigenvalue weighted by Crippen LogP contribution is -2.36. The van der Waals surface area contributed by atoms with E-state index in [1.165, 1.54) is 12.1 Å². The van der Waals surface area contributed by atoms with E-state index in [0.717, 1.165) is 6.07 Å². The minimum Gasteiger partial charge on any atom is -0.481 e. The summed E-state index contributed by atoms with van der Waals surface area (Å²) >= 11 is 0. The molecule has 0 aliphatic rings. The van der Waals surface area contributed by atoms with Crippen LogP contribution >= 0.6 is 0 Å². The number of carboxylic acid groups (broad SMARTS) is 1. The van der Waals surface area contributed by atoms with Crippen molar-refractivity contribution in [1.29, 1.82) is 0 Å². The maximum Gasteiger partial charge on any atom is 0.310 e. The Balaban J connectivity index is 2.41. The Morgan fingerprint density at radius 2 is 2.06 bits per heavy atom. The lowest BCUT2D eigenvalue weighted by molar-refractivity contribution is -0.146. The summed E-state index contributed by atoms with van der Waals surface area (Å²) < 4.78 is 25.9. The molecule has 2 N–H and O–H groups in total. The lowest BCUT2D eigenvalue weighted by atomic mass is 9.94. The Bertz CT molecular complexity index is 433. The largest absolute Gasteiger partial charge is 0.481 e. The molecule has 0 spiro atoms. The molecule has 1 aromatic rings. The number of hydrogen-bond acceptors (Lipinski definition) is 2. The van der Waals surface area contributed by atoms with Crippen LogP contribution in [0, 0.1) is 17.0 Å². The van der Waals surface area contributed by atoms with Gasteiger partial charge in [0.1, 0.15) is 11.6 Å². The second kappa shape index (κ2) is 5.91. The van der Waals surface area contributed by atoms with Crippen molar-refractivity contribution in [2.75, 3.05) is 13.1 Å². The Hall–Kier alpha value is -1.49. The molecule has 0 saturated heterocycles. The van der Waals surface area contributed by atoms with E-state index in [1.807, 2.05) is 0 Å². The molecule has 0 aromatic heterocycles. The fourth-order valence-electron chi connectivity index (χ4n) is 1.42. The van der Waals surface area contributed by atoms with Gasteiger partial charge in [-0.1, -0.05) is 6.07 Å². The highest BCUT2D eigenvalue weighted by atomic mass is 19.1. The fraction of sp³-hybridized carbons (Fsp3) is 0.462. The van der Waals surface area contributed by atoms with Gasteiger partial charge in [-0.05, 0) is 38.4 Å². The van der Waals surface area contributed by atoms with E-state index in [1.54, 1.807) is 13.8 Å². The highest BCUT2D eigenvalue weighted by Gasteiger charge is 2.26. The van der Waals surface area contributed by atoms with Crippen molar-refractivity contribution in [2.45, 2.75) is 20.3 Å². The van der Waals surface area contributed by atoms with Crippen molar-refractivity contribution in [3.8, 4) is 0 Å². The molecule has 100 valence electrons. The first-order valence-corrected chi connectivity index (χ1v) is 5.71. The Morgan fingerprint density at radius 1 is 1.39 bits per heavy atom. The van der Waals surface area contributed by atoms with Gasteiger partial charge in [0.05, 0.1) is 5.41 Å². The van der Waals surface area contributed by atoms with E-state index in [-0.39, 0.29) is 0 Å². The van der Waals surface area contributed by atoms with Crippen molar-refractivity contribution in [2.24, 2.45) is 5.41 Å². The Morgan fingerprint density at radius 3 is 2.61 bits per heavy atom. The Labute approximate surface area is 105 Å². The molecule has 1 aromatic carbocycles. The average Bonchev–Trinajstić information content (AvgIpc) is 2.26. The smallest absolute Gasteiger partial charge is 0.310 e. The van der Waals surface area contributed by atoms with Crippen molar-refractivity contribution < 1.29 is 18.7 Å². The predicted octanol–water partition coefficient (Wildman–Crippen LogP) is 2.21. The molecule has 0 amide bonds. The summed E-state index contributed by atoms with van der Waals surface area (Å²) in [5.41, 5.74) is -0.446. The fourth-order valence-corrected chi connectivity index (χ4v) is 1.42. The van der Waals surface area contributed by atoms with Gasteiger partial charge in [-0.25, -0.2) is 8.78 Å². The number of halogens is 2. The van der Waals surface area contributed by atoms with Crippen LogP contribution in [0.3, 0.4) is 0 Å². The first kappa shape index (κ1) is 14.6. The molecule has 0 aliphatic carbocycles. The summed E-state index contributed by atoms with van der Waals surface area (Å²) in [4.78, 5) is 10.8. The van der Waals surface area contributed by atoms with Gasteiger partial charge in [0, 0.05) is 12.6 Å². The van der Waals surface area contributed by atoms with Crippen molar-refractivity contribution in [3.63, 3.8) is 0 Å². The van der Waals surface area contributed by atoms with Gasteiger partial charge >= 0.3 is 5.97 Å². The standard InChI is InChI=1S/C13H17F2NO2/c1-13(2,12(17)18)8-16-6-5-9-3-4-10(14)7-11(9)15/h3-4,7,16H,5-6,8H2,1-2H3,(H,17,18). The summed E-state index contributed by atoms with van der Waals surface area (Å²) in [5, 5.41) is 11.8. The normalized spacial score (nSPS) is 11.6. The Kier molecular flexibility index (Phi) is 4.78. The molecule has 0 heterocycles. The topological polar surface area (TPSA) is 49.3 Å². The molecule has 1 rings (SSSR count). The summed E-state index contributed by atoms with van der Waals surface area (Å²) in [6.45, 7) is 3.96. The van der Waals surface area contributed by atoms with Crippen LogP contribution < -0.4 is 5.32 Å². The molecule has 0 saturated carbocycles. The minimum atomic E-state index is -0.886. The third-order valence-electron chi connectivity index (χ3n) is 2.73. The van der Waals surface area contributed by atoms with Gasteiger partial charge in [0.25, 0.3) is 0 Å². The summed E-state index contributed by atoms with van der Waals surface area (Å²) in [7, 11) is 0. The summed E-state index contributed by atoms with van der Waals surface area (Å²) in [6, 6.07) is 3.45. The monoisotopic (exact) mass is 257 g/mol. The molecule has 0 unspecified atom stereocenters. The van der Waals surface area contributed by atoms with E-state index in [0.29, 0.717) is 25.1 Å². The minimum absolute atomic E-state index is 0.297. The zero-order valence-corrected chi connectivity index (χ0v) is 10.5. The van der Waals surface area contributed by atoms with Crippen LogP contribution in [0.5, 0.6) is 0 Å². The second-order valence-electron chi connectivity index (χ2n) is 4.85. The molecule has 0 bridgehead atoms. The van der Waals surface area contributed by atoms with Gasteiger partial charge < -0.3 is 10.4 Å². The number of benzene rings is 1. The first-order chi connectivity index (χ1) is 8.33. The van der Waals surface area contributed by atoms with Crippen molar-refractivity contribution in [3.05, 3.63) is 35.4 Å². The maximum absolute atomic E-state index is 13.3. The summed E-state index contributed by atoms with van der Waals surface area (Å²) in [5.74, 6) is -2.06. The van der Waals surface area contributed by atoms with Crippen LogP contribution in [-0.4, -0.2) is 24.2 Å². The van der Waals surface area contributed by atoms with Crippen LogP contribution in [0.15, 0.2) is 18.2 Å². The molecule has 0 aliphatic heterocycles. The van der Waals surface area contributed by atoms with Crippen LogP contribution in [0.1, 0.15) is 19.4 Å². The second-order valence-corrected chi connectivity index (χ2v) is 4.85. The lowest BCUT2D eigenvalue weighted by Gasteiger charge is -2.19. The third kappa shape index (κ3) is 4.07. The molecule has 0 radical (unpaired) electrons. The van der Waals surface area contributed by atoms with Crippen LogP contribution in [0.25, 0.3) is 0 Å². The molecule has 3 nitrogen and oxygen atoms in total. The van der Waals surface area contributed by atoms with Gasteiger partial charge in [-0.15, -0.1) is 0 Å².